The van der Waals surface area contributed by atoms with E-state index in [9.17, 15) is 24.0 Å². The minimum absolute atomic E-state index is 0.0644. The number of fused-ring (bicyclic) bond motifs is 3. The minimum Gasteiger partial charge on any atom is -0.480 e. The van der Waals surface area contributed by atoms with E-state index in [1.807, 2.05) is 24.3 Å². The van der Waals surface area contributed by atoms with Crippen molar-refractivity contribution in [3.63, 3.8) is 0 Å². The standard InChI is InChI=1S/C14H17N3O3.C10H9N3O3.C9H8N2O/c1-14(2,3)20-11(18)8-17-10-7-5-4-6-9(10)12(16-17)13(15)19;11-10(16)9-6-3-1-2-4-7(6)13(12-9)5-8(14)15;10-9(12)8-7-4-2-1-3-6(7)5-11-8/h4-7H,8H2,1-3H3,(H2,15,19);1-4H,5H2,(H2,11,16)(H,14,15);1-4H,5H2,(H2,10,12). The van der Waals surface area contributed by atoms with E-state index in [4.69, 9.17) is 27.0 Å². The van der Waals surface area contributed by atoms with E-state index < -0.39 is 35.3 Å². The Morgan fingerprint density at radius 3 is 1.69 bits per heavy atom. The maximum Gasteiger partial charge on any atom is 0.328 e. The van der Waals surface area contributed by atoms with Gasteiger partial charge in [0.2, 0.25) is 0 Å². The lowest BCUT2D eigenvalue weighted by atomic mass is 10.1. The number of hydrogen-bond donors (Lipinski definition) is 4. The highest BCUT2D eigenvalue weighted by Crippen LogP contribution is 2.20. The molecule has 248 valence electrons. The molecule has 0 fully saturated rings. The molecule has 0 radical (unpaired) electrons. The highest BCUT2D eigenvalue weighted by molar-refractivity contribution is 6.45. The number of esters is 1. The van der Waals surface area contributed by atoms with E-state index >= 15 is 0 Å². The van der Waals surface area contributed by atoms with Gasteiger partial charge in [0.05, 0.1) is 17.6 Å². The average Bonchev–Trinajstić information content (AvgIpc) is 3.71. The second-order valence-corrected chi connectivity index (χ2v) is 11.4. The molecule has 15 nitrogen and oxygen atoms in total. The number of ether oxygens (including phenoxy) is 1. The van der Waals surface area contributed by atoms with Crippen LogP contribution in [0.4, 0.5) is 0 Å². The van der Waals surface area contributed by atoms with Gasteiger partial charge >= 0.3 is 11.9 Å². The Labute approximate surface area is 274 Å². The predicted molar refractivity (Wildman–Crippen MR) is 176 cm³/mol. The Morgan fingerprint density at radius 1 is 0.729 bits per heavy atom. The summed E-state index contributed by atoms with van der Waals surface area (Å²) in [6, 6.07) is 21.6. The van der Waals surface area contributed by atoms with Crippen LogP contribution in [0, 0.1) is 0 Å². The van der Waals surface area contributed by atoms with E-state index in [-0.39, 0.29) is 24.5 Å². The number of benzene rings is 3. The van der Waals surface area contributed by atoms with Crippen molar-refractivity contribution in [2.45, 2.75) is 46.0 Å². The van der Waals surface area contributed by atoms with Gasteiger partial charge in [0.15, 0.2) is 11.4 Å². The number of hydrogen-bond acceptors (Lipinski definition) is 9. The fourth-order valence-electron chi connectivity index (χ4n) is 4.83. The second-order valence-electron chi connectivity index (χ2n) is 11.4. The first-order valence-electron chi connectivity index (χ1n) is 14.5. The molecule has 3 amide bonds. The molecular formula is C33H34N8O7. The Hall–Kier alpha value is -6.38. The number of carboxylic acid groups (broad SMARTS) is 1. The number of amides is 3. The van der Waals surface area contributed by atoms with Crippen molar-refractivity contribution in [3.05, 3.63) is 95.3 Å². The zero-order chi connectivity index (χ0) is 35.2. The quantitative estimate of drug-likeness (QED) is 0.188. The first kappa shape index (κ1) is 34.5. The Bertz CT molecular complexity index is 2070. The maximum atomic E-state index is 11.9. The molecule has 0 atom stereocenters. The van der Waals surface area contributed by atoms with Gasteiger partial charge in [-0.15, -0.1) is 0 Å². The molecule has 1 aliphatic heterocycles. The lowest BCUT2D eigenvalue weighted by molar-refractivity contribution is -0.155. The van der Waals surface area contributed by atoms with E-state index in [0.717, 1.165) is 11.1 Å². The van der Waals surface area contributed by atoms with Gasteiger partial charge in [-0.05, 0) is 38.5 Å². The van der Waals surface area contributed by atoms with Crippen molar-refractivity contribution in [2.24, 2.45) is 22.2 Å². The van der Waals surface area contributed by atoms with Crippen LogP contribution in [0.25, 0.3) is 21.8 Å². The van der Waals surface area contributed by atoms with Crippen molar-refractivity contribution in [3.8, 4) is 0 Å². The van der Waals surface area contributed by atoms with E-state index in [1.165, 1.54) is 9.36 Å². The third-order valence-electron chi connectivity index (χ3n) is 6.68. The third-order valence-corrected chi connectivity index (χ3v) is 6.68. The van der Waals surface area contributed by atoms with Crippen LogP contribution in [0.15, 0.2) is 77.8 Å². The highest BCUT2D eigenvalue weighted by atomic mass is 16.6. The van der Waals surface area contributed by atoms with E-state index in [0.29, 0.717) is 34.1 Å². The van der Waals surface area contributed by atoms with Gasteiger partial charge < -0.3 is 27.0 Å². The number of nitrogens with two attached hydrogens (primary N) is 3. The molecule has 48 heavy (non-hydrogen) atoms. The van der Waals surface area contributed by atoms with Crippen LogP contribution in [0.1, 0.15) is 52.9 Å². The molecule has 0 bridgehead atoms. The molecule has 3 aromatic carbocycles. The number of rotatable bonds is 7. The van der Waals surface area contributed by atoms with Gasteiger partial charge in [-0.3, -0.25) is 38.3 Å². The van der Waals surface area contributed by atoms with Crippen LogP contribution in [0.2, 0.25) is 0 Å². The van der Waals surface area contributed by atoms with E-state index in [1.54, 1.807) is 69.3 Å². The fraction of sp³-hybridized carbons (Fsp3) is 0.212. The van der Waals surface area contributed by atoms with Crippen molar-refractivity contribution >= 4 is 57.2 Å². The summed E-state index contributed by atoms with van der Waals surface area (Å²) in [5.74, 6) is -3.17. The van der Waals surface area contributed by atoms with E-state index in [2.05, 4.69) is 15.2 Å². The fourth-order valence-corrected chi connectivity index (χ4v) is 4.83. The summed E-state index contributed by atoms with van der Waals surface area (Å²) >= 11 is 0. The molecule has 6 rings (SSSR count). The number of aromatic nitrogens is 4. The number of carbonyl (C=O) groups excluding carboxylic acids is 4. The Kier molecular flexibility index (Phi) is 10.3. The first-order chi connectivity index (χ1) is 22.7. The molecule has 3 heterocycles. The number of primary amides is 3. The van der Waals surface area contributed by atoms with Crippen LogP contribution in [-0.4, -0.2) is 65.6 Å². The SMILES string of the molecule is CC(C)(C)OC(=O)Cn1nc(C(N)=O)c2ccccc21.NC(=O)C1=NCc2ccccc21.NC(=O)c1nn(CC(=O)O)c2ccccc12. The molecule has 0 spiro atoms. The predicted octanol–water partition coefficient (Wildman–Crippen LogP) is 2.17. The van der Waals surface area contributed by atoms with Crippen molar-refractivity contribution in [2.75, 3.05) is 0 Å². The maximum absolute atomic E-state index is 11.9. The summed E-state index contributed by atoms with van der Waals surface area (Å²) in [7, 11) is 0. The average molecular weight is 655 g/mol. The van der Waals surface area contributed by atoms with Gasteiger partial charge in [0.1, 0.15) is 24.4 Å². The number of aliphatic carboxylic acids is 1. The zero-order valence-electron chi connectivity index (χ0n) is 26.4. The molecule has 15 heteroatoms. The van der Waals surface area contributed by atoms with Gasteiger partial charge in [-0.25, -0.2) is 0 Å². The molecule has 2 aromatic heterocycles. The minimum atomic E-state index is -1.02. The normalized spacial score (nSPS) is 11.8. The largest absolute Gasteiger partial charge is 0.480 e. The lowest BCUT2D eigenvalue weighted by Gasteiger charge is -2.19. The van der Waals surface area contributed by atoms with Gasteiger partial charge in [-0.2, -0.15) is 10.2 Å². The van der Waals surface area contributed by atoms with Crippen molar-refractivity contribution in [1.82, 2.24) is 19.6 Å². The molecular weight excluding hydrogens is 620 g/mol. The molecule has 7 N–H and O–H groups in total. The third kappa shape index (κ3) is 8.25. The zero-order valence-corrected chi connectivity index (χ0v) is 26.4. The summed E-state index contributed by atoms with van der Waals surface area (Å²) in [6.07, 6.45) is 0. The topological polar surface area (TPSA) is 241 Å². The van der Waals surface area contributed by atoms with Crippen LogP contribution >= 0.6 is 0 Å². The molecule has 0 saturated heterocycles. The number of nitrogens with zero attached hydrogens (tertiary/aromatic N) is 5. The van der Waals surface area contributed by atoms with Gasteiger partial charge in [0, 0.05) is 16.3 Å². The van der Waals surface area contributed by atoms with Crippen LogP contribution in [0.3, 0.4) is 0 Å². The van der Waals surface area contributed by atoms with Crippen molar-refractivity contribution in [1.29, 1.82) is 0 Å². The number of aliphatic imine (C=N–C) groups is 1. The van der Waals surface area contributed by atoms with Crippen LogP contribution in [-0.2, 0) is 38.8 Å². The Balaban J connectivity index is 0.000000168. The van der Waals surface area contributed by atoms with Crippen LogP contribution < -0.4 is 17.2 Å². The molecule has 1 aliphatic rings. The highest BCUT2D eigenvalue weighted by Gasteiger charge is 2.21. The number of carbonyl (C=O) groups is 5. The summed E-state index contributed by atoms with van der Waals surface area (Å²) in [4.78, 5) is 59.9. The molecule has 0 saturated carbocycles. The second kappa shape index (κ2) is 14.4. The first-order valence-corrected chi connectivity index (χ1v) is 14.5. The molecule has 0 aliphatic carbocycles. The Morgan fingerprint density at radius 2 is 1.21 bits per heavy atom. The summed E-state index contributed by atoms with van der Waals surface area (Å²) in [5, 5.41) is 17.9. The summed E-state index contributed by atoms with van der Waals surface area (Å²) in [5.41, 5.74) is 18.9. The monoisotopic (exact) mass is 654 g/mol. The summed E-state index contributed by atoms with van der Waals surface area (Å²) in [6.45, 7) is 5.59. The number of para-hydroxylation sites is 2. The van der Waals surface area contributed by atoms with Crippen LogP contribution in [0.5, 0.6) is 0 Å². The summed E-state index contributed by atoms with van der Waals surface area (Å²) < 4.78 is 7.93. The van der Waals surface area contributed by atoms with Gasteiger partial charge in [0.25, 0.3) is 17.7 Å². The van der Waals surface area contributed by atoms with Crippen molar-refractivity contribution < 1.29 is 33.8 Å². The van der Waals surface area contributed by atoms with Gasteiger partial charge in [-0.1, -0.05) is 60.7 Å². The number of carboxylic acids is 1. The smallest absolute Gasteiger partial charge is 0.328 e. The lowest BCUT2D eigenvalue weighted by Crippen LogP contribution is -2.27. The molecule has 5 aromatic rings. The molecule has 0 unspecified atom stereocenters.